The molecule has 1 N–H and O–H groups in total. The van der Waals surface area contributed by atoms with Crippen molar-refractivity contribution >= 4 is 22.8 Å². The van der Waals surface area contributed by atoms with Crippen LogP contribution >= 0.6 is 0 Å². The van der Waals surface area contributed by atoms with Gasteiger partial charge >= 0.3 is 6.09 Å². The maximum Gasteiger partial charge on any atom is 0.410 e. The Bertz CT molecular complexity index is 1320. The molecule has 0 atom stereocenters. The number of nitrogens with zero attached hydrogens (tertiary/aromatic N) is 4. The van der Waals surface area contributed by atoms with Gasteiger partial charge in [-0.05, 0) is 42.3 Å². The summed E-state index contributed by atoms with van der Waals surface area (Å²) in [5, 5.41) is 11.3. The van der Waals surface area contributed by atoms with Crippen LogP contribution in [0.2, 0.25) is 0 Å². The molecule has 3 aromatic carbocycles. The Balaban J connectivity index is 1.36. The van der Waals surface area contributed by atoms with E-state index in [4.69, 9.17) is 14.7 Å². The largest absolute Gasteiger partial charge is 0.507 e. The third kappa shape index (κ3) is 4.50. The normalized spacial score (nSPS) is 13.8. The molecule has 1 fully saturated rings. The topological polar surface area (TPSA) is 78.8 Å². The van der Waals surface area contributed by atoms with E-state index in [-0.39, 0.29) is 18.4 Å². The summed E-state index contributed by atoms with van der Waals surface area (Å²) in [6.07, 6.45) is -0.304. The first-order valence-electron chi connectivity index (χ1n) is 11.4. The Hall–Kier alpha value is -4.13. The fraction of sp³-hybridized carbons (Fsp3) is 0.222. The van der Waals surface area contributed by atoms with Crippen molar-refractivity contribution < 1.29 is 14.6 Å². The second kappa shape index (κ2) is 9.39. The van der Waals surface area contributed by atoms with Crippen molar-refractivity contribution in [3.05, 3.63) is 83.9 Å². The van der Waals surface area contributed by atoms with Gasteiger partial charge in [0.1, 0.15) is 18.2 Å². The molecule has 0 aliphatic carbocycles. The molecule has 1 aliphatic rings. The minimum atomic E-state index is -0.304. The minimum absolute atomic E-state index is 0.145. The summed E-state index contributed by atoms with van der Waals surface area (Å²) in [5.74, 6) is 1.43. The number of anilines is 1. The fourth-order valence-corrected chi connectivity index (χ4v) is 4.16. The summed E-state index contributed by atoms with van der Waals surface area (Å²) in [6.45, 7) is 4.62. The van der Waals surface area contributed by atoms with Crippen molar-refractivity contribution in [2.75, 3.05) is 31.1 Å². The van der Waals surface area contributed by atoms with Gasteiger partial charge in [-0.3, -0.25) is 0 Å². The monoisotopic (exact) mass is 454 g/mol. The average Bonchev–Trinajstić information content (AvgIpc) is 2.87. The molecule has 2 heterocycles. The molecule has 5 rings (SSSR count). The number of aromatic nitrogens is 2. The van der Waals surface area contributed by atoms with Gasteiger partial charge in [0.25, 0.3) is 0 Å². The van der Waals surface area contributed by atoms with E-state index in [1.54, 1.807) is 17.0 Å². The number of piperazine rings is 1. The number of para-hydroxylation sites is 1. The van der Waals surface area contributed by atoms with E-state index in [9.17, 15) is 9.90 Å². The number of amides is 1. The zero-order chi connectivity index (χ0) is 23.5. The van der Waals surface area contributed by atoms with Crippen molar-refractivity contribution in [1.82, 2.24) is 14.9 Å². The molecule has 7 nitrogen and oxygen atoms in total. The SMILES string of the molecule is Cc1ccc2c(N3CCN(C(=O)OCc4ccccc4)CC3)nc(-c3ccccc3O)nc2c1. The number of fused-ring (bicyclic) bond motifs is 1. The van der Waals surface area contributed by atoms with Crippen LogP contribution in [0, 0.1) is 6.92 Å². The van der Waals surface area contributed by atoms with E-state index >= 15 is 0 Å². The third-order valence-corrected chi connectivity index (χ3v) is 6.02. The van der Waals surface area contributed by atoms with Gasteiger partial charge in [-0.25, -0.2) is 14.8 Å². The Kier molecular flexibility index (Phi) is 5.99. The van der Waals surface area contributed by atoms with Crippen LogP contribution in [0.15, 0.2) is 72.8 Å². The molecular weight excluding hydrogens is 428 g/mol. The predicted octanol–water partition coefficient (Wildman–Crippen LogP) is 4.77. The van der Waals surface area contributed by atoms with Crippen molar-refractivity contribution in [2.24, 2.45) is 0 Å². The van der Waals surface area contributed by atoms with Gasteiger partial charge in [0.05, 0.1) is 11.1 Å². The lowest BCUT2D eigenvalue weighted by molar-refractivity contribution is 0.0941. The Morgan fingerprint density at radius 1 is 0.941 bits per heavy atom. The molecule has 172 valence electrons. The number of hydrogen-bond donors (Lipinski definition) is 1. The maximum absolute atomic E-state index is 12.6. The Morgan fingerprint density at radius 3 is 2.44 bits per heavy atom. The van der Waals surface area contributed by atoms with Crippen molar-refractivity contribution in [1.29, 1.82) is 0 Å². The van der Waals surface area contributed by atoms with Crippen molar-refractivity contribution in [3.8, 4) is 17.1 Å². The number of aryl methyl sites for hydroxylation is 1. The number of phenolic OH excluding ortho intramolecular Hbond substituents is 1. The zero-order valence-electron chi connectivity index (χ0n) is 19.0. The lowest BCUT2D eigenvalue weighted by Crippen LogP contribution is -2.49. The Labute approximate surface area is 198 Å². The number of ether oxygens (including phenoxy) is 1. The van der Waals surface area contributed by atoms with Gasteiger partial charge in [-0.15, -0.1) is 0 Å². The Morgan fingerprint density at radius 2 is 1.68 bits per heavy atom. The smallest absolute Gasteiger partial charge is 0.410 e. The second-order valence-corrected chi connectivity index (χ2v) is 8.42. The van der Waals surface area contributed by atoms with E-state index in [2.05, 4.69) is 4.90 Å². The van der Waals surface area contributed by atoms with Crippen LogP contribution in [0.1, 0.15) is 11.1 Å². The molecule has 34 heavy (non-hydrogen) atoms. The van der Waals surface area contributed by atoms with E-state index < -0.39 is 0 Å². The van der Waals surface area contributed by atoms with Crippen molar-refractivity contribution in [3.63, 3.8) is 0 Å². The number of hydrogen-bond acceptors (Lipinski definition) is 6. The van der Waals surface area contributed by atoms with Crippen LogP contribution in [0.4, 0.5) is 10.6 Å². The van der Waals surface area contributed by atoms with Crippen molar-refractivity contribution in [2.45, 2.75) is 13.5 Å². The van der Waals surface area contributed by atoms with E-state index in [1.165, 1.54) is 0 Å². The summed E-state index contributed by atoms with van der Waals surface area (Å²) >= 11 is 0. The molecule has 1 amide bonds. The summed E-state index contributed by atoms with van der Waals surface area (Å²) in [5.41, 5.74) is 3.49. The van der Waals surface area contributed by atoms with Gasteiger partial charge in [0.2, 0.25) is 0 Å². The van der Waals surface area contributed by atoms with Gasteiger partial charge in [-0.2, -0.15) is 0 Å². The molecule has 0 bridgehead atoms. The number of aromatic hydroxyl groups is 1. The first kappa shape index (κ1) is 21.7. The summed E-state index contributed by atoms with van der Waals surface area (Å²) < 4.78 is 5.50. The number of benzene rings is 3. The molecule has 1 aliphatic heterocycles. The molecule has 0 saturated carbocycles. The quantitative estimate of drug-likeness (QED) is 0.479. The molecule has 0 radical (unpaired) electrons. The molecule has 4 aromatic rings. The van der Waals surface area contributed by atoms with E-state index in [0.717, 1.165) is 27.8 Å². The zero-order valence-corrected chi connectivity index (χ0v) is 19.0. The van der Waals surface area contributed by atoms with Gasteiger partial charge < -0.3 is 19.6 Å². The number of carbonyl (C=O) groups is 1. The van der Waals surface area contributed by atoms with Crippen LogP contribution < -0.4 is 4.90 Å². The predicted molar refractivity (Wildman–Crippen MR) is 132 cm³/mol. The van der Waals surface area contributed by atoms with Crippen LogP contribution in [0.25, 0.3) is 22.3 Å². The average molecular weight is 455 g/mol. The second-order valence-electron chi connectivity index (χ2n) is 8.42. The fourth-order valence-electron chi connectivity index (χ4n) is 4.16. The standard InChI is InChI=1S/C27H26N4O3/c1-19-11-12-21-23(17-19)28-25(22-9-5-6-10-24(22)32)29-26(21)30-13-15-31(16-14-30)27(33)34-18-20-7-3-2-4-8-20/h2-12,17,32H,13-16,18H2,1H3. The lowest BCUT2D eigenvalue weighted by Gasteiger charge is -2.35. The van der Waals surface area contributed by atoms with Gasteiger partial charge in [0.15, 0.2) is 5.82 Å². The van der Waals surface area contributed by atoms with E-state index in [1.807, 2.05) is 67.6 Å². The van der Waals surface area contributed by atoms with E-state index in [0.29, 0.717) is 37.6 Å². The maximum atomic E-state index is 12.6. The van der Waals surface area contributed by atoms with Crippen LogP contribution in [0.3, 0.4) is 0 Å². The summed E-state index contributed by atoms with van der Waals surface area (Å²) in [6, 6.07) is 22.9. The summed E-state index contributed by atoms with van der Waals surface area (Å²) in [4.78, 5) is 26.1. The molecule has 0 spiro atoms. The highest BCUT2D eigenvalue weighted by Gasteiger charge is 2.25. The first-order chi connectivity index (χ1) is 16.6. The summed E-state index contributed by atoms with van der Waals surface area (Å²) in [7, 11) is 0. The molecule has 0 unspecified atom stereocenters. The van der Waals surface area contributed by atoms with Crippen LogP contribution in [-0.4, -0.2) is 52.2 Å². The molecule has 7 heteroatoms. The van der Waals surface area contributed by atoms with Crippen LogP contribution in [-0.2, 0) is 11.3 Å². The molecule has 1 saturated heterocycles. The number of phenols is 1. The lowest BCUT2D eigenvalue weighted by atomic mass is 10.1. The highest BCUT2D eigenvalue weighted by Crippen LogP contribution is 2.32. The van der Waals surface area contributed by atoms with Gasteiger partial charge in [0, 0.05) is 31.6 Å². The molecule has 1 aromatic heterocycles. The number of rotatable bonds is 4. The van der Waals surface area contributed by atoms with Crippen LogP contribution in [0.5, 0.6) is 5.75 Å². The number of carbonyl (C=O) groups excluding carboxylic acids is 1. The highest BCUT2D eigenvalue weighted by atomic mass is 16.6. The minimum Gasteiger partial charge on any atom is -0.507 e. The molecular formula is C27H26N4O3. The highest BCUT2D eigenvalue weighted by molar-refractivity contribution is 5.92. The van der Waals surface area contributed by atoms with Gasteiger partial charge in [-0.1, -0.05) is 48.5 Å². The first-order valence-corrected chi connectivity index (χ1v) is 11.4. The third-order valence-electron chi connectivity index (χ3n) is 6.02.